The molecule has 0 spiro atoms. The summed E-state index contributed by atoms with van der Waals surface area (Å²) in [7, 11) is -2.06. The first-order chi connectivity index (χ1) is 11.5. The van der Waals surface area contributed by atoms with Crippen molar-refractivity contribution in [2.75, 3.05) is 13.9 Å². The van der Waals surface area contributed by atoms with Crippen molar-refractivity contribution in [3.05, 3.63) is 48.0 Å². The van der Waals surface area contributed by atoms with Crippen LogP contribution in [0.2, 0.25) is 0 Å². The van der Waals surface area contributed by atoms with E-state index in [4.69, 9.17) is 14.2 Å². The molecule has 1 aliphatic heterocycles. The normalized spacial score (nSPS) is 17.5. The molecule has 1 N–H and O–H groups in total. The van der Waals surface area contributed by atoms with Gasteiger partial charge in [0.2, 0.25) is 16.8 Å². The molecule has 0 radical (unpaired) electrons. The molecule has 6 nitrogen and oxygen atoms in total. The van der Waals surface area contributed by atoms with Crippen molar-refractivity contribution in [2.45, 2.75) is 23.3 Å². The summed E-state index contributed by atoms with van der Waals surface area (Å²) in [4.78, 5) is 0.173. The number of rotatable bonds is 5. The van der Waals surface area contributed by atoms with Gasteiger partial charge < -0.3 is 14.2 Å². The van der Waals surface area contributed by atoms with Crippen LogP contribution in [0.1, 0.15) is 18.4 Å². The van der Waals surface area contributed by atoms with Gasteiger partial charge in [-0.3, -0.25) is 0 Å². The topological polar surface area (TPSA) is 73.9 Å². The largest absolute Gasteiger partial charge is 0.497 e. The van der Waals surface area contributed by atoms with E-state index in [9.17, 15) is 8.42 Å². The fourth-order valence-corrected chi connectivity index (χ4v) is 4.31. The van der Waals surface area contributed by atoms with E-state index < -0.39 is 15.6 Å². The lowest BCUT2D eigenvalue weighted by molar-refractivity contribution is 0.174. The Morgan fingerprint density at radius 3 is 2.42 bits per heavy atom. The summed E-state index contributed by atoms with van der Waals surface area (Å²) in [6.45, 7) is 0.113. The van der Waals surface area contributed by atoms with Gasteiger partial charge in [-0.1, -0.05) is 12.1 Å². The van der Waals surface area contributed by atoms with Gasteiger partial charge in [-0.2, -0.15) is 0 Å². The third-order valence-corrected chi connectivity index (χ3v) is 5.91. The van der Waals surface area contributed by atoms with Crippen LogP contribution in [-0.4, -0.2) is 22.3 Å². The van der Waals surface area contributed by atoms with Crippen molar-refractivity contribution in [3.63, 3.8) is 0 Å². The maximum absolute atomic E-state index is 12.8. The number of hydrogen-bond acceptors (Lipinski definition) is 5. The Morgan fingerprint density at radius 2 is 1.75 bits per heavy atom. The van der Waals surface area contributed by atoms with Gasteiger partial charge in [-0.25, -0.2) is 13.1 Å². The summed E-state index contributed by atoms with van der Waals surface area (Å²) < 4.78 is 44.0. The van der Waals surface area contributed by atoms with E-state index in [0.29, 0.717) is 11.5 Å². The van der Waals surface area contributed by atoms with E-state index in [2.05, 4.69) is 4.72 Å². The minimum absolute atomic E-state index is 0.113. The number of benzene rings is 2. The number of methoxy groups -OCH3 is 1. The van der Waals surface area contributed by atoms with Crippen LogP contribution in [0.15, 0.2) is 47.4 Å². The quantitative estimate of drug-likeness (QED) is 0.899. The molecular formula is C17H17NO5S. The highest BCUT2D eigenvalue weighted by Crippen LogP contribution is 2.47. The third-order valence-electron chi connectivity index (χ3n) is 4.38. The molecule has 2 aliphatic rings. The Labute approximate surface area is 140 Å². The third kappa shape index (κ3) is 2.59. The fraction of sp³-hybridized carbons (Fsp3) is 0.294. The summed E-state index contributed by atoms with van der Waals surface area (Å²) in [5.41, 5.74) is 0.397. The summed E-state index contributed by atoms with van der Waals surface area (Å²) in [6.07, 6.45) is 1.53. The van der Waals surface area contributed by atoms with Gasteiger partial charge in [-0.15, -0.1) is 0 Å². The minimum Gasteiger partial charge on any atom is -0.497 e. The molecule has 4 rings (SSSR count). The number of sulfonamides is 1. The van der Waals surface area contributed by atoms with Gasteiger partial charge in [0.1, 0.15) is 5.75 Å². The lowest BCUT2D eigenvalue weighted by Crippen LogP contribution is -2.34. The molecule has 0 amide bonds. The highest BCUT2D eigenvalue weighted by atomic mass is 32.2. The molecule has 24 heavy (non-hydrogen) atoms. The molecule has 2 aromatic carbocycles. The zero-order valence-corrected chi connectivity index (χ0v) is 13.9. The van der Waals surface area contributed by atoms with Crippen molar-refractivity contribution in [3.8, 4) is 17.2 Å². The molecule has 0 atom stereocenters. The Morgan fingerprint density at radius 1 is 1.04 bits per heavy atom. The van der Waals surface area contributed by atoms with Gasteiger partial charge in [-0.05, 0) is 42.7 Å². The summed E-state index contributed by atoms with van der Waals surface area (Å²) >= 11 is 0. The number of hydrogen-bond donors (Lipinski definition) is 1. The van der Waals surface area contributed by atoms with Gasteiger partial charge in [0.15, 0.2) is 11.5 Å². The van der Waals surface area contributed by atoms with E-state index in [1.165, 1.54) is 12.1 Å². The van der Waals surface area contributed by atoms with Crippen molar-refractivity contribution in [1.82, 2.24) is 4.72 Å². The molecular weight excluding hydrogens is 330 g/mol. The van der Waals surface area contributed by atoms with E-state index in [0.717, 1.165) is 24.2 Å². The van der Waals surface area contributed by atoms with E-state index in [1.54, 1.807) is 13.2 Å². The minimum atomic E-state index is -3.66. The van der Waals surface area contributed by atoms with Gasteiger partial charge in [0.25, 0.3) is 0 Å². The Balaban J connectivity index is 1.61. The van der Waals surface area contributed by atoms with Gasteiger partial charge >= 0.3 is 0 Å². The molecule has 1 aliphatic carbocycles. The average Bonchev–Trinajstić information content (AvgIpc) is 3.20. The maximum Gasteiger partial charge on any atom is 0.241 e. The van der Waals surface area contributed by atoms with Gasteiger partial charge in [0, 0.05) is 6.07 Å². The van der Waals surface area contributed by atoms with Gasteiger partial charge in [0.05, 0.1) is 17.5 Å². The maximum atomic E-state index is 12.8. The monoisotopic (exact) mass is 347 g/mol. The number of fused-ring (bicyclic) bond motifs is 1. The Kier molecular flexibility index (Phi) is 3.43. The summed E-state index contributed by atoms with van der Waals surface area (Å²) in [5, 5.41) is 0. The SMILES string of the molecule is COc1ccc(C2(NS(=O)(=O)c3ccc4c(c3)OCO4)CC2)cc1. The molecule has 7 heteroatoms. The summed E-state index contributed by atoms with van der Waals surface area (Å²) in [5.74, 6) is 1.76. The zero-order valence-electron chi connectivity index (χ0n) is 13.1. The molecule has 0 unspecified atom stereocenters. The van der Waals surface area contributed by atoms with Crippen molar-refractivity contribution in [2.24, 2.45) is 0 Å². The molecule has 1 heterocycles. The first-order valence-electron chi connectivity index (χ1n) is 7.61. The van der Waals surface area contributed by atoms with Crippen LogP contribution in [0.4, 0.5) is 0 Å². The van der Waals surface area contributed by atoms with Crippen molar-refractivity contribution in [1.29, 1.82) is 0 Å². The van der Waals surface area contributed by atoms with Crippen LogP contribution in [0.5, 0.6) is 17.2 Å². The highest BCUT2D eigenvalue weighted by molar-refractivity contribution is 7.89. The molecule has 0 bridgehead atoms. The van der Waals surface area contributed by atoms with Crippen molar-refractivity contribution >= 4 is 10.0 Å². The van der Waals surface area contributed by atoms with E-state index >= 15 is 0 Å². The van der Waals surface area contributed by atoms with Crippen LogP contribution in [0, 0.1) is 0 Å². The predicted molar refractivity (Wildman–Crippen MR) is 86.8 cm³/mol. The molecule has 1 saturated carbocycles. The molecule has 0 saturated heterocycles. The highest BCUT2D eigenvalue weighted by Gasteiger charge is 2.47. The molecule has 126 valence electrons. The standard InChI is InChI=1S/C17H17NO5S/c1-21-13-4-2-12(3-5-13)17(8-9-17)18-24(19,20)14-6-7-15-16(10-14)23-11-22-15/h2-7,10,18H,8-9,11H2,1H3. The van der Waals surface area contributed by atoms with Crippen LogP contribution in [0.25, 0.3) is 0 Å². The van der Waals surface area contributed by atoms with E-state index in [-0.39, 0.29) is 11.7 Å². The molecule has 1 fully saturated rings. The molecule has 2 aromatic rings. The lowest BCUT2D eigenvalue weighted by Gasteiger charge is -2.18. The lowest BCUT2D eigenvalue weighted by atomic mass is 10.1. The summed E-state index contributed by atoms with van der Waals surface area (Å²) in [6, 6.07) is 12.1. The Hall–Kier alpha value is -2.25. The second kappa shape index (κ2) is 5.39. The molecule has 0 aromatic heterocycles. The second-order valence-corrected chi connectivity index (χ2v) is 7.61. The fourth-order valence-electron chi connectivity index (χ4n) is 2.84. The number of ether oxygens (including phenoxy) is 3. The average molecular weight is 347 g/mol. The first kappa shape index (κ1) is 15.3. The predicted octanol–water partition coefficient (Wildman–Crippen LogP) is 2.39. The second-order valence-electron chi connectivity index (χ2n) is 5.93. The zero-order chi connectivity index (χ0) is 16.8. The Bertz CT molecular complexity index is 872. The van der Waals surface area contributed by atoms with Crippen LogP contribution >= 0.6 is 0 Å². The van der Waals surface area contributed by atoms with E-state index in [1.807, 2.05) is 24.3 Å². The first-order valence-corrected chi connectivity index (χ1v) is 9.09. The van der Waals surface area contributed by atoms with Crippen LogP contribution < -0.4 is 18.9 Å². The van der Waals surface area contributed by atoms with Crippen LogP contribution in [-0.2, 0) is 15.6 Å². The smallest absolute Gasteiger partial charge is 0.241 e. The van der Waals surface area contributed by atoms with Crippen molar-refractivity contribution < 1.29 is 22.6 Å². The van der Waals surface area contributed by atoms with Crippen LogP contribution in [0.3, 0.4) is 0 Å². The number of nitrogens with one attached hydrogen (secondary N) is 1.